The Hall–Kier alpha value is -1.59. The molecule has 0 aliphatic carbocycles. The van der Waals surface area contributed by atoms with Crippen molar-refractivity contribution in [3.05, 3.63) is 46.6 Å². The van der Waals surface area contributed by atoms with E-state index in [9.17, 15) is 0 Å². The van der Waals surface area contributed by atoms with Crippen LogP contribution in [-0.2, 0) is 0 Å². The van der Waals surface area contributed by atoms with Gasteiger partial charge in [0.25, 0.3) is 0 Å². The van der Waals surface area contributed by atoms with Crippen molar-refractivity contribution >= 4 is 27.4 Å². The van der Waals surface area contributed by atoms with E-state index in [0.717, 1.165) is 27.3 Å². The van der Waals surface area contributed by atoms with E-state index in [1.54, 1.807) is 6.20 Å². The molecular formula is C14H16BrN3O. The van der Waals surface area contributed by atoms with Gasteiger partial charge in [0.15, 0.2) is 0 Å². The lowest BCUT2D eigenvalue weighted by atomic mass is 10.2. The topological polar surface area (TPSA) is 60.2 Å². The van der Waals surface area contributed by atoms with Crippen LogP contribution in [0.4, 0.5) is 11.5 Å². The van der Waals surface area contributed by atoms with Gasteiger partial charge >= 0.3 is 0 Å². The highest BCUT2D eigenvalue weighted by Crippen LogP contribution is 2.27. The molecule has 0 saturated carbocycles. The minimum atomic E-state index is 0.503. The Morgan fingerprint density at radius 1 is 1.37 bits per heavy atom. The number of benzene rings is 1. The number of hydrogen-bond acceptors (Lipinski definition) is 4. The summed E-state index contributed by atoms with van der Waals surface area (Å²) in [5, 5.41) is 3.26. The van der Waals surface area contributed by atoms with Gasteiger partial charge in [-0.2, -0.15) is 0 Å². The lowest BCUT2D eigenvalue weighted by molar-refractivity contribution is 0.328. The van der Waals surface area contributed by atoms with Crippen LogP contribution >= 0.6 is 15.9 Å². The molecule has 2 rings (SSSR count). The molecule has 0 aliphatic heterocycles. The number of halogens is 1. The fraction of sp³-hybridized carbons (Fsp3) is 0.214. The fourth-order valence-electron chi connectivity index (χ4n) is 1.60. The summed E-state index contributed by atoms with van der Waals surface area (Å²) in [4.78, 5) is 4.31. The van der Waals surface area contributed by atoms with Gasteiger partial charge in [0, 0.05) is 24.5 Å². The van der Waals surface area contributed by atoms with Crippen molar-refractivity contribution in [2.24, 2.45) is 5.73 Å². The maximum atomic E-state index is 5.49. The van der Waals surface area contributed by atoms with Gasteiger partial charge in [0.1, 0.15) is 18.2 Å². The fourth-order valence-corrected chi connectivity index (χ4v) is 1.94. The number of anilines is 2. The van der Waals surface area contributed by atoms with Crippen molar-refractivity contribution in [2.75, 3.05) is 18.5 Å². The van der Waals surface area contributed by atoms with E-state index in [-0.39, 0.29) is 0 Å². The van der Waals surface area contributed by atoms with E-state index in [1.165, 1.54) is 0 Å². The molecule has 1 heterocycles. The average molecular weight is 322 g/mol. The van der Waals surface area contributed by atoms with E-state index in [1.807, 2.05) is 37.3 Å². The second-order valence-electron chi connectivity index (χ2n) is 4.08. The number of nitrogens with one attached hydrogen (secondary N) is 1. The molecule has 19 heavy (non-hydrogen) atoms. The molecule has 3 N–H and O–H groups in total. The number of nitrogens with zero attached hydrogens (tertiary/aromatic N) is 1. The number of rotatable bonds is 5. The van der Waals surface area contributed by atoms with Crippen LogP contribution in [0.15, 0.2) is 41.0 Å². The van der Waals surface area contributed by atoms with Gasteiger partial charge in [-0.05, 0) is 46.6 Å². The Morgan fingerprint density at radius 2 is 2.21 bits per heavy atom. The SMILES string of the molecule is Cc1ccnc(Nc2cccc(OCCN)c2)c1Br. The van der Waals surface area contributed by atoms with Gasteiger partial charge in [-0.3, -0.25) is 0 Å². The Morgan fingerprint density at radius 3 is 3.00 bits per heavy atom. The molecule has 0 fully saturated rings. The van der Waals surface area contributed by atoms with Crippen molar-refractivity contribution in [3.63, 3.8) is 0 Å². The van der Waals surface area contributed by atoms with Crippen LogP contribution in [0.2, 0.25) is 0 Å². The Balaban J connectivity index is 2.16. The summed E-state index contributed by atoms with van der Waals surface area (Å²) >= 11 is 3.53. The predicted molar refractivity (Wildman–Crippen MR) is 80.9 cm³/mol. The van der Waals surface area contributed by atoms with E-state index in [4.69, 9.17) is 10.5 Å². The quantitative estimate of drug-likeness (QED) is 0.887. The van der Waals surface area contributed by atoms with Crippen LogP contribution in [0.5, 0.6) is 5.75 Å². The Labute approximate surface area is 121 Å². The summed E-state index contributed by atoms with van der Waals surface area (Å²) in [6.07, 6.45) is 1.77. The Bertz CT molecular complexity index is 560. The first kappa shape index (κ1) is 13.8. The third-order valence-electron chi connectivity index (χ3n) is 2.57. The molecule has 0 atom stereocenters. The highest BCUT2D eigenvalue weighted by molar-refractivity contribution is 9.10. The minimum absolute atomic E-state index is 0.503. The first-order chi connectivity index (χ1) is 9.20. The van der Waals surface area contributed by atoms with E-state index < -0.39 is 0 Å². The average Bonchev–Trinajstić information content (AvgIpc) is 2.42. The number of hydrogen-bond donors (Lipinski definition) is 2. The summed E-state index contributed by atoms with van der Waals surface area (Å²) in [6.45, 7) is 3.04. The molecule has 1 aromatic heterocycles. The van der Waals surface area contributed by atoms with Crippen LogP contribution in [0.3, 0.4) is 0 Å². The highest BCUT2D eigenvalue weighted by atomic mass is 79.9. The lowest BCUT2D eigenvalue weighted by Crippen LogP contribution is -2.10. The molecule has 4 nitrogen and oxygen atoms in total. The van der Waals surface area contributed by atoms with Gasteiger partial charge in [-0.15, -0.1) is 0 Å². The molecule has 0 saturated heterocycles. The van der Waals surface area contributed by atoms with Gasteiger partial charge < -0.3 is 15.8 Å². The number of aromatic nitrogens is 1. The van der Waals surface area contributed by atoms with Crippen LogP contribution in [0.1, 0.15) is 5.56 Å². The van der Waals surface area contributed by atoms with Crippen molar-refractivity contribution in [1.82, 2.24) is 4.98 Å². The molecule has 0 aliphatic rings. The first-order valence-corrected chi connectivity index (χ1v) is 6.81. The molecule has 0 amide bonds. The van der Waals surface area contributed by atoms with Gasteiger partial charge in [0.2, 0.25) is 0 Å². The van der Waals surface area contributed by atoms with Gasteiger partial charge in [0.05, 0.1) is 4.47 Å². The predicted octanol–water partition coefficient (Wildman–Crippen LogP) is 3.23. The smallest absolute Gasteiger partial charge is 0.144 e. The second kappa shape index (κ2) is 6.54. The number of nitrogens with two attached hydrogens (primary N) is 1. The summed E-state index contributed by atoms with van der Waals surface area (Å²) in [7, 11) is 0. The minimum Gasteiger partial charge on any atom is -0.492 e. The van der Waals surface area contributed by atoms with Crippen LogP contribution < -0.4 is 15.8 Å². The third kappa shape index (κ3) is 3.68. The van der Waals surface area contributed by atoms with E-state index in [2.05, 4.69) is 26.2 Å². The molecule has 0 bridgehead atoms. The van der Waals surface area contributed by atoms with Crippen molar-refractivity contribution < 1.29 is 4.74 Å². The molecule has 5 heteroatoms. The maximum absolute atomic E-state index is 5.49. The van der Waals surface area contributed by atoms with E-state index in [0.29, 0.717) is 13.2 Å². The maximum Gasteiger partial charge on any atom is 0.144 e. The molecule has 0 radical (unpaired) electrons. The summed E-state index contributed by atoms with van der Waals surface area (Å²) in [5.74, 6) is 1.58. The second-order valence-corrected chi connectivity index (χ2v) is 4.87. The van der Waals surface area contributed by atoms with Crippen molar-refractivity contribution in [1.29, 1.82) is 0 Å². The molecular weight excluding hydrogens is 306 g/mol. The third-order valence-corrected chi connectivity index (χ3v) is 3.57. The van der Waals surface area contributed by atoms with Crippen LogP contribution in [0.25, 0.3) is 0 Å². The zero-order valence-corrected chi connectivity index (χ0v) is 12.3. The van der Waals surface area contributed by atoms with Gasteiger partial charge in [-0.25, -0.2) is 4.98 Å². The molecule has 2 aromatic rings. The molecule has 0 spiro atoms. The molecule has 1 aromatic carbocycles. The molecule has 100 valence electrons. The zero-order chi connectivity index (χ0) is 13.7. The monoisotopic (exact) mass is 321 g/mol. The van der Waals surface area contributed by atoms with Crippen molar-refractivity contribution in [2.45, 2.75) is 6.92 Å². The van der Waals surface area contributed by atoms with Crippen LogP contribution in [-0.4, -0.2) is 18.1 Å². The first-order valence-electron chi connectivity index (χ1n) is 6.02. The van der Waals surface area contributed by atoms with Gasteiger partial charge in [-0.1, -0.05) is 6.07 Å². The summed E-state index contributed by atoms with van der Waals surface area (Å²) in [5.41, 5.74) is 7.47. The zero-order valence-electron chi connectivity index (χ0n) is 10.7. The normalized spacial score (nSPS) is 10.3. The van der Waals surface area contributed by atoms with E-state index >= 15 is 0 Å². The standard InChI is InChI=1S/C14H16BrN3O/c1-10-5-7-17-14(13(10)15)18-11-3-2-4-12(9-11)19-8-6-16/h2-5,7,9H,6,8,16H2,1H3,(H,17,18). The van der Waals surface area contributed by atoms with Crippen LogP contribution in [0, 0.1) is 6.92 Å². The number of ether oxygens (including phenoxy) is 1. The lowest BCUT2D eigenvalue weighted by Gasteiger charge is -2.11. The van der Waals surface area contributed by atoms with Crippen molar-refractivity contribution in [3.8, 4) is 5.75 Å². The number of aryl methyl sites for hydroxylation is 1. The largest absolute Gasteiger partial charge is 0.492 e. The summed E-state index contributed by atoms with van der Waals surface area (Å²) in [6, 6.07) is 9.67. The number of pyridine rings is 1. The Kier molecular flexibility index (Phi) is 4.76. The summed E-state index contributed by atoms with van der Waals surface area (Å²) < 4.78 is 6.45. The molecule has 0 unspecified atom stereocenters. The highest BCUT2D eigenvalue weighted by Gasteiger charge is 2.04.